The van der Waals surface area contributed by atoms with Gasteiger partial charge in [0.25, 0.3) is 0 Å². The van der Waals surface area contributed by atoms with Crippen LogP contribution in [0.4, 0.5) is 0 Å². The lowest BCUT2D eigenvalue weighted by Gasteiger charge is -2.17. The van der Waals surface area contributed by atoms with E-state index in [4.69, 9.17) is 0 Å². The lowest BCUT2D eigenvalue weighted by atomic mass is 9.87. The van der Waals surface area contributed by atoms with Crippen LogP contribution in [0, 0.1) is 27.7 Å². The second-order valence-electron chi connectivity index (χ2n) is 6.71. The summed E-state index contributed by atoms with van der Waals surface area (Å²) in [5.74, 6) is 0.566. The lowest BCUT2D eigenvalue weighted by molar-refractivity contribution is 0.859. The van der Waals surface area contributed by atoms with E-state index in [2.05, 4.69) is 71.9 Å². The van der Waals surface area contributed by atoms with E-state index in [-0.39, 0.29) is 0 Å². The molecule has 0 aliphatic carbocycles. The van der Waals surface area contributed by atoms with Crippen LogP contribution in [0.25, 0.3) is 21.5 Å². The quantitative estimate of drug-likeness (QED) is 0.454. The van der Waals surface area contributed by atoms with Crippen molar-refractivity contribution in [3.63, 3.8) is 0 Å². The maximum Gasteiger partial charge on any atom is -0.00995 e. The summed E-state index contributed by atoms with van der Waals surface area (Å²) in [6.07, 6.45) is 0. The number of hydrogen-bond acceptors (Lipinski definition) is 0. The largest absolute Gasteiger partial charge is 0.0587 e. The van der Waals surface area contributed by atoms with E-state index in [9.17, 15) is 0 Å². The molecule has 21 heavy (non-hydrogen) atoms. The van der Waals surface area contributed by atoms with Gasteiger partial charge in [0.05, 0.1) is 0 Å². The highest BCUT2D eigenvalue weighted by atomic mass is 14.2. The van der Waals surface area contributed by atoms with Gasteiger partial charge in [0.2, 0.25) is 0 Å². The van der Waals surface area contributed by atoms with Crippen LogP contribution >= 0.6 is 0 Å². The van der Waals surface area contributed by atoms with Crippen LogP contribution in [-0.2, 0) is 0 Å². The number of hydrogen-bond donors (Lipinski definition) is 0. The molecule has 0 heterocycles. The average Bonchev–Trinajstić information content (AvgIpc) is 2.44. The minimum absolute atomic E-state index is 0.566. The van der Waals surface area contributed by atoms with Gasteiger partial charge in [-0.1, -0.05) is 43.7 Å². The van der Waals surface area contributed by atoms with Crippen LogP contribution in [0.2, 0.25) is 0 Å². The maximum absolute atomic E-state index is 2.42. The van der Waals surface area contributed by atoms with Crippen molar-refractivity contribution in [3.05, 3.63) is 58.1 Å². The van der Waals surface area contributed by atoms with Crippen molar-refractivity contribution < 1.29 is 0 Å². The fraction of sp³-hybridized carbons (Fsp3) is 0.333. The molecule has 0 N–H and O–H groups in total. The Morgan fingerprint density at radius 2 is 1.29 bits per heavy atom. The fourth-order valence-corrected chi connectivity index (χ4v) is 3.49. The van der Waals surface area contributed by atoms with Crippen molar-refractivity contribution in [2.24, 2.45) is 0 Å². The first-order valence-corrected chi connectivity index (χ1v) is 7.84. The number of rotatable bonds is 1. The van der Waals surface area contributed by atoms with Crippen molar-refractivity contribution in [2.75, 3.05) is 0 Å². The summed E-state index contributed by atoms with van der Waals surface area (Å²) in [7, 11) is 0. The topological polar surface area (TPSA) is 0 Å². The van der Waals surface area contributed by atoms with Crippen molar-refractivity contribution in [3.8, 4) is 0 Å². The van der Waals surface area contributed by atoms with Crippen LogP contribution in [-0.4, -0.2) is 0 Å². The van der Waals surface area contributed by atoms with Gasteiger partial charge in [-0.05, 0) is 83.5 Å². The molecule has 0 radical (unpaired) electrons. The highest BCUT2D eigenvalue weighted by molar-refractivity contribution is 6.11. The molecule has 0 nitrogen and oxygen atoms in total. The SMILES string of the molecule is Cc1ccc2c(c1)c(C)c(C)c1cc(C)c(C(C)C)cc12. The van der Waals surface area contributed by atoms with Crippen LogP contribution in [0.5, 0.6) is 0 Å². The van der Waals surface area contributed by atoms with Crippen LogP contribution in [0.3, 0.4) is 0 Å². The Balaban J connectivity index is 2.55. The second kappa shape index (κ2) is 4.87. The first-order chi connectivity index (χ1) is 9.90. The van der Waals surface area contributed by atoms with Gasteiger partial charge in [0.15, 0.2) is 0 Å². The first-order valence-electron chi connectivity index (χ1n) is 7.84. The van der Waals surface area contributed by atoms with Gasteiger partial charge in [-0.15, -0.1) is 0 Å². The number of aryl methyl sites for hydroxylation is 4. The molecule has 0 bridgehead atoms. The lowest BCUT2D eigenvalue weighted by Crippen LogP contribution is -1.95. The van der Waals surface area contributed by atoms with Crippen molar-refractivity contribution in [1.82, 2.24) is 0 Å². The monoisotopic (exact) mass is 276 g/mol. The highest BCUT2D eigenvalue weighted by Crippen LogP contribution is 2.35. The maximum atomic E-state index is 2.42. The van der Waals surface area contributed by atoms with E-state index in [0.29, 0.717) is 5.92 Å². The Morgan fingerprint density at radius 3 is 1.90 bits per heavy atom. The predicted octanol–water partition coefficient (Wildman–Crippen LogP) is 6.35. The van der Waals surface area contributed by atoms with E-state index >= 15 is 0 Å². The van der Waals surface area contributed by atoms with Crippen molar-refractivity contribution in [2.45, 2.75) is 47.5 Å². The third-order valence-electron chi connectivity index (χ3n) is 4.86. The molecule has 0 amide bonds. The normalized spacial score (nSPS) is 11.8. The summed E-state index contributed by atoms with van der Waals surface area (Å²) < 4.78 is 0. The molecule has 0 saturated carbocycles. The van der Waals surface area contributed by atoms with Crippen LogP contribution < -0.4 is 0 Å². The average molecular weight is 276 g/mol. The zero-order valence-electron chi connectivity index (χ0n) is 14.0. The van der Waals surface area contributed by atoms with Gasteiger partial charge in [-0.3, -0.25) is 0 Å². The smallest absolute Gasteiger partial charge is 0.00995 e. The summed E-state index contributed by atoms with van der Waals surface area (Å²) in [6, 6.07) is 11.6. The van der Waals surface area contributed by atoms with Gasteiger partial charge in [-0.25, -0.2) is 0 Å². The molecule has 108 valence electrons. The molecule has 0 aliphatic heterocycles. The van der Waals surface area contributed by atoms with Gasteiger partial charge in [0.1, 0.15) is 0 Å². The molecular formula is C21H24. The number of fused-ring (bicyclic) bond motifs is 3. The predicted molar refractivity (Wildman–Crippen MR) is 94.5 cm³/mol. The number of benzene rings is 3. The Bertz CT molecular complexity index is 851. The zero-order chi connectivity index (χ0) is 15.3. The minimum Gasteiger partial charge on any atom is -0.0587 e. The van der Waals surface area contributed by atoms with E-state index in [0.717, 1.165) is 0 Å². The third-order valence-corrected chi connectivity index (χ3v) is 4.86. The van der Waals surface area contributed by atoms with Crippen LogP contribution in [0.15, 0.2) is 30.3 Å². The summed E-state index contributed by atoms with van der Waals surface area (Å²) in [5.41, 5.74) is 7.04. The van der Waals surface area contributed by atoms with Crippen molar-refractivity contribution in [1.29, 1.82) is 0 Å². The Labute approximate surface area is 127 Å². The third kappa shape index (κ3) is 2.14. The molecule has 3 aromatic carbocycles. The molecule has 3 aromatic rings. The zero-order valence-corrected chi connectivity index (χ0v) is 14.0. The Kier molecular flexibility index (Phi) is 3.28. The standard InChI is InChI=1S/C21H24/c1-12(2)18-11-21-17-8-7-13(3)9-19(17)15(5)16(6)20(21)10-14(18)4/h7-12H,1-6H3. The van der Waals surface area contributed by atoms with E-state index in [1.165, 1.54) is 49.4 Å². The van der Waals surface area contributed by atoms with E-state index in [1.54, 1.807) is 0 Å². The van der Waals surface area contributed by atoms with Gasteiger partial charge < -0.3 is 0 Å². The van der Waals surface area contributed by atoms with E-state index in [1.807, 2.05) is 0 Å². The van der Waals surface area contributed by atoms with Crippen molar-refractivity contribution >= 4 is 21.5 Å². The molecule has 0 aromatic heterocycles. The molecule has 3 rings (SSSR count). The molecule has 0 atom stereocenters. The summed E-state index contributed by atoms with van der Waals surface area (Å²) in [6.45, 7) is 13.5. The van der Waals surface area contributed by atoms with Gasteiger partial charge >= 0.3 is 0 Å². The molecule has 0 saturated heterocycles. The molecule has 0 unspecified atom stereocenters. The molecule has 0 fully saturated rings. The molecule has 0 aliphatic rings. The summed E-state index contributed by atoms with van der Waals surface area (Å²) in [5, 5.41) is 5.60. The van der Waals surface area contributed by atoms with Gasteiger partial charge in [0, 0.05) is 0 Å². The minimum atomic E-state index is 0.566. The first kappa shape index (κ1) is 14.1. The fourth-order valence-electron chi connectivity index (χ4n) is 3.49. The molecule has 0 heteroatoms. The second-order valence-corrected chi connectivity index (χ2v) is 6.71. The molecule has 0 spiro atoms. The Morgan fingerprint density at radius 1 is 0.667 bits per heavy atom. The van der Waals surface area contributed by atoms with E-state index < -0.39 is 0 Å². The highest BCUT2D eigenvalue weighted by Gasteiger charge is 2.12. The summed E-state index contributed by atoms with van der Waals surface area (Å²) in [4.78, 5) is 0. The summed E-state index contributed by atoms with van der Waals surface area (Å²) >= 11 is 0. The Hall–Kier alpha value is -1.82. The molecular weight excluding hydrogens is 252 g/mol. The van der Waals surface area contributed by atoms with Gasteiger partial charge in [-0.2, -0.15) is 0 Å². The van der Waals surface area contributed by atoms with Crippen LogP contribution in [0.1, 0.15) is 47.6 Å².